The molecule has 20 heavy (non-hydrogen) atoms. The van der Waals surface area contributed by atoms with E-state index in [9.17, 15) is 4.79 Å². The fraction of sp³-hybridized carbons (Fsp3) is 0.467. The smallest absolute Gasteiger partial charge is 0.335 e. The lowest BCUT2D eigenvalue weighted by atomic mass is 10.2. The molecule has 1 aliphatic carbocycles. The molecule has 0 radical (unpaired) electrons. The highest BCUT2D eigenvalue weighted by Crippen LogP contribution is 2.28. The third kappa shape index (κ3) is 2.67. The van der Waals surface area contributed by atoms with E-state index in [-0.39, 0.29) is 5.56 Å². The predicted molar refractivity (Wildman–Crippen MR) is 75.0 cm³/mol. The van der Waals surface area contributed by atoms with Gasteiger partial charge in [-0.1, -0.05) is 0 Å². The van der Waals surface area contributed by atoms with Crippen LogP contribution in [0.5, 0.6) is 0 Å². The van der Waals surface area contributed by atoms with Crippen molar-refractivity contribution in [3.63, 3.8) is 0 Å². The molecule has 0 aliphatic heterocycles. The Hall–Kier alpha value is -1.88. The summed E-state index contributed by atoms with van der Waals surface area (Å²) in [5, 5.41) is 9.00. The first-order valence-corrected chi connectivity index (χ1v) is 6.93. The van der Waals surface area contributed by atoms with Crippen molar-refractivity contribution >= 4 is 17.0 Å². The Bertz CT molecular complexity index is 644. The number of rotatable bonds is 6. The molecule has 0 atom stereocenters. The number of hydrogen-bond acceptors (Lipinski definition) is 3. The summed E-state index contributed by atoms with van der Waals surface area (Å²) in [4.78, 5) is 15.4. The molecule has 106 valence electrons. The summed E-state index contributed by atoms with van der Waals surface area (Å²) in [5.41, 5.74) is 1.96. The van der Waals surface area contributed by atoms with Crippen molar-refractivity contribution in [3.05, 3.63) is 29.6 Å². The van der Waals surface area contributed by atoms with Crippen LogP contribution in [0.3, 0.4) is 0 Å². The molecule has 3 rings (SSSR count). The van der Waals surface area contributed by atoms with Crippen molar-refractivity contribution in [3.8, 4) is 0 Å². The van der Waals surface area contributed by atoms with Crippen LogP contribution in [-0.4, -0.2) is 33.8 Å². The first-order valence-electron chi connectivity index (χ1n) is 6.93. The quantitative estimate of drug-likeness (QED) is 0.822. The fourth-order valence-electron chi connectivity index (χ4n) is 2.36. The summed E-state index contributed by atoms with van der Waals surface area (Å²) < 4.78 is 7.73. The lowest BCUT2D eigenvalue weighted by molar-refractivity contribution is 0.0697. The maximum Gasteiger partial charge on any atom is 0.335 e. The van der Waals surface area contributed by atoms with Gasteiger partial charge in [0.1, 0.15) is 5.82 Å². The van der Waals surface area contributed by atoms with E-state index in [0.717, 1.165) is 35.9 Å². The van der Waals surface area contributed by atoms with E-state index >= 15 is 0 Å². The summed E-state index contributed by atoms with van der Waals surface area (Å²) >= 11 is 0. The molecule has 1 saturated carbocycles. The largest absolute Gasteiger partial charge is 0.478 e. The van der Waals surface area contributed by atoms with Gasteiger partial charge in [0.25, 0.3) is 0 Å². The maximum absolute atomic E-state index is 11.0. The van der Waals surface area contributed by atoms with Crippen LogP contribution in [0.4, 0.5) is 0 Å². The normalized spacial score (nSPS) is 14.8. The second kappa shape index (κ2) is 5.25. The molecule has 1 N–H and O–H groups in total. The maximum atomic E-state index is 11.0. The van der Waals surface area contributed by atoms with E-state index in [0.29, 0.717) is 6.61 Å². The molecule has 0 bridgehead atoms. The van der Waals surface area contributed by atoms with Gasteiger partial charge in [0.2, 0.25) is 0 Å². The van der Waals surface area contributed by atoms with Crippen molar-refractivity contribution in [2.75, 3.05) is 13.2 Å². The van der Waals surface area contributed by atoms with Crippen LogP contribution in [0.25, 0.3) is 11.0 Å². The van der Waals surface area contributed by atoms with Gasteiger partial charge in [-0.3, -0.25) is 0 Å². The Balaban J connectivity index is 1.75. The molecule has 1 aromatic carbocycles. The number of benzene rings is 1. The molecule has 2 aromatic rings. The van der Waals surface area contributed by atoms with E-state index in [4.69, 9.17) is 9.84 Å². The molecule has 5 heteroatoms. The monoisotopic (exact) mass is 274 g/mol. The molecule has 0 unspecified atom stereocenters. The highest BCUT2D eigenvalue weighted by molar-refractivity contribution is 5.92. The minimum atomic E-state index is -0.924. The molecule has 1 aromatic heterocycles. The second-order valence-corrected chi connectivity index (χ2v) is 5.34. The Labute approximate surface area is 117 Å². The van der Waals surface area contributed by atoms with Gasteiger partial charge in [-0.15, -0.1) is 0 Å². The molecule has 1 aliphatic rings. The number of carboxylic acid groups (broad SMARTS) is 1. The standard InChI is InChI=1S/C15H18N2O3/c1-10-16-13-8-12(15(18)19)4-5-14(13)17(10)6-7-20-9-11-2-3-11/h4-5,8,11H,2-3,6-7,9H2,1H3,(H,18,19). The minimum absolute atomic E-state index is 0.270. The van der Waals surface area contributed by atoms with Crippen molar-refractivity contribution in [1.82, 2.24) is 9.55 Å². The molecule has 0 spiro atoms. The number of aromatic nitrogens is 2. The SMILES string of the molecule is Cc1nc2cc(C(=O)O)ccc2n1CCOCC1CC1. The highest BCUT2D eigenvalue weighted by Gasteiger charge is 2.21. The van der Waals surface area contributed by atoms with Crippen molar-refractivity contribution in [2.24, 2.45) is 5.92 Å². The van der Waals surface area contributed by atoms with Gasteiger partial charge in [0, 0.05) is 13.2 Å². The molecule has 0 amide bonds. The number of hydrogen-bond donors (Lipinski definition) is 1. The van der Waals surface area contributed by atoms with E-state index in [2.05, 4.69) is 9.55 Å². The Kier molecular flexibility index (Phi) is 3.44. The molecule has 1 fully saturated rings. The van der Waals surface area contributed by atoms with E-state index in [1.807, 2.05) is 13.0 Å². The topological polar surface area (TPSA) is 64.3 Å². The Morgan fingerprint density at radius 3 is 3.00 bits per heavy atom. The number of carboxylic acids is 1. The van der Waals surface area contributed by atoms with Crippen molar-refractivity contribution in [1.29, 1.82) is 0 Å². The summed E-state index contributed by atoms with van der Waals surface area (Å²) in [5.74, 6) is 0.734. The van der Waals surface area contributed by atoms with E-state index < -0.39 is 5.97 Å². The molecule has 1 heterocycles. The molecular formula is C15H18N2O3. The number of nitrogens with zero attached hydrogens (tertiary/aromatic N) is 2. The van der Waals surface area contributed by atoms with Gasteiger partial charge in [-0.2, -0.15) is 0 Å². The third-order valence-electron chi connectivity index (χ3n) is 3.70. The van der Waals surface area contributed by atoms with Crippen molar-refractivity contribution in [2.45, 2.75) is 26.3 Å². The Morgan fingerprint density at radius 1 is 1.50 bits per heavy atom. The summed E-state index contributed by atoms with van der Waals surface area (Å²) in [7, 11) is 0. The lowest BCUT2D eigenvalue weighted by Crippen LogP contribution is -2.09. The lowest BCUT2D eigenvalue weighted by Gasteiger charge is -2.07. The van der Waals surface area contributed by atoms with Gasteiger partial charge in [0.15, 0.2) is 0 Å². The van der Waals surface area contributed by atoms with E-state index in [1.165, 1.54) is 12.8 Å². The molecular weight excluding hydrogens is 256 g/mol. The average molecular weight is 274 g/mol. The number of ether oxygens (including phenoxy) is 1. The van der Waals surface area contributed by atoms with Gasteiger partial charge in [-0.05, 0) is 43.9 Å². The molecule has 5 nitrogen and oxygen atoms in total. The number of aryl methyl sites for hydroxylation is 1. The van der Waals surface area contributed by atoms with E-state index in [1.54, 1.807) is 12.1 Å². The first kappa shape index (κ1) is 13.1. The zero-order valence-corrected chi connectivity index (χ0v) is 11.5. The number of fused-ring (bicyclic) bond motifs is 1. The Morgan fingerprint density at radius 2 is 2.30 bits per heavy atom. The number of carbonyl (C=O) groups is 1. The molecule has 0 saturated heterocycles. The number of aromatic carboxylic acids is 1. The van der Waals surface area contributed by atoms with Crippen LogP contribution >= 0.6 is 0 Å². The van der Waals surface area contributed by atoms with Crippen LogP contribution < -0.4 is 0 Å². The zero-order chi connectivity index (χ0) is 14.1. The third-order valence-corrected chi connectivity index (χ3v) is 3.70. The second-order valence-electron chi connectivity index (χ2n) is 5.34. The van der Waals surface area contributed by atoms with Gasteiger partial charge in [-0.25, -0.2) is 9.78 Å². The summed E-state index contributed by atoms with van der Waals surface area (Å²) in [6, 6.07) is 5.05. The van der Waals surface area contributed by atoms with Crippen LogP contribution in [0.15, 0.2) is 18.2 Å². The average Bonchev–Trinajstić information content (AvgIpc) is 3.18. The van der Waals surface area contributed by atoms with Gasteiger partial charge in [0.05, 0.1) is 23.2 Å². The van der Waals surface area contributed by atoms with Crippen molar-refractivity contribution < 1.29 is 14.6 Å². The van der Waals surface area contributed by atoms with Gasteiger partial charge < -0.3 is 14.4 Å². The van der Waals surface area contributed by atoms with Crippen LogP contribution in [0.1, 0.15) is 29.0 Å². The van der Waals surface area contributed by atoms with Crippen LogP contribution in [0.2, 0.25) is 0 Å². The predicted octanol–water partition coefficient (Wildman–Crippen LogP) is 2.47. The zero-order valence-electron chi connectivity index (χ0n) is 11.5. The number of imidazole rings is 1. The first-order chi connectivity index (χ1) is 9.65. The van der Waals surface area contributed by atoms with Crippen LogP contribution in [0, 0.1) is 12.8 Å². The summed E-state index contributed by atoms with van der Waals surface area (Å²) in [6.07, 6.45) is 2.59. The fourth-order valence-corrected chi connectivity index (χ4v) is 2.36. The van der Waals surface area contributed by atoms with Gasteiger partial charge >= 0.3 is 5.97 Å². The minimum Gasteiger partial charge on any atom is -0.478 e. The van der Waals surface area contributed by atoms with Crippen LogP contribution in [-0.2, 0) is 11.3 Å². The highest BCUT2D eigenvalue weighted by atomic mass is 16.5. The summed E-state index contributed by atoms with van der Waals surface area (Å²) in [6.45, 7) is 4.21.